The van der Waals surface area contributed by atoms with Crippen molar-refractivity contribution in [2.24, 2.45) is 0 Å². The van der Waals surface area contributed by atoms with E-state index in [0.29, 0.717) is 0 Å². The van der Waals surface area contributed by atoms with E-state index in [9.17, 15) is 4.79 Å². The third kappa shape index (κ3) is 4.27. The molecule has 0 unspecified atom stereocenters. The summed E-state index contributed by atoms with van der Waals surface area (Å²) in [5.74, 6) is -1.00. The van der Waals surface area contributed by atoms with Gasteiger partial charge in [-0.15, -0.1) is 0 Å². The van der Waals surface area contributed by atoms with Crippen molar-refractivity contribution >= 4 is 5.78 Å². The summed E-state index contributed by atoms with van der Waals surface area (Å²) in [6.45, 7) is -1.69. The Balaban J connectivity index is 0. The number of hydrogen-bond donors (Lipinski definition) is 5. The number of hydrogen-bond acceptors (Lipinski definition) is 6. The molecule has 0 aromatic carbocycles. The minimum Gasteiger partial charge on any atom is -0.412 e. The predicted octanol–water partition coefficient (Wildman–Crippen LogP) is -4.20. The third-order valence-corrected chi connectivity index (χ3v) is 1.39. The molecule has 0 saturated carbocycles. The number of carbonyl (C=O) groups excluding carboxylic acids is 1. The summed E-state index contributed by atoms with van der Waals surface area (Å²) in [6.07, 6.45) is -5.22. The van der Waals surface area contributed by atoms with Crippen LogP contribution in [0.2, 0.25) is 0 Å². The van der Waals surface area contributed by atoms with Crippen molar-refractivity contribution in [2.45, 2.75) is 18.3 Å². The van der Waals surface area contributed by atoms with Crippen molar-refractivity contribution in [3.05, 3.63) is 0 Å². The molecule has 0 spiro atoms. The van der Waals surface area contributed by atoms with E-state index in [1.54, 1.807) is 0 Å². The number of carbonyl (C=O) groups is 1. The van der Waals surface area contributed by atoms with Gasteiger partial charge in [-0.25, -0.2) is 0 Å². The van der Waals surface area contributed by atoms with E-state index in [1.165, 1.54) is 0 Å². The normalized spacial score (nSPS) is 17.0. The Bertz CT molecular complexity index is 148. The van der Waals surface area contributed by atoms with Crippen LogP contribution in [0, 0.1) is 0 Å². The van der Waals surface area contributed by atoms with Gasteiger partial charge in [0.1, 0.15) is 24.9 Å². The number of aliphatic hydroxyl groups is 5. The molecule has 0 radical (unpaired) electrons. The van der Waals surface area contributed by atoms with Crippen molar-refractivity contribution < 1.29 is 35.8 Å². The Morgan fingerprint density at radius 1 is 1.15 bits per heavy atom. The SMILES string of the molecule is O.O=C(CO)[C@H](O)[C@H](O)[C@@H](O)CO. The van der Waals surface area contributed by atoms with Gasteiger partial charge in [0.25, 0.3) is 0 Å². The number of Topliss-reactive ketones (excluding diaryl/α,β-unsaturated/α-hetero) is 1. The first-order chi connectivity index (χ1) is 5.54. The fraction of sp³-hybridized carbons (Fsp3) is 0.833. The summed E-state index contributed by atoms with van der Waals surface area (Å²) in [5, 5.41) is 43.1. The zero-order valence-corrected chi connectivity index (χ0v) is 6.79. The maximum Gasteiger partial charge on any atom is 0.189 e. The molecule has 0 heterocycles. The molecule has 7 heteroatoms. The maximum atomic E-state index is 10.5. The Hall–Kier alpha value is -0.570. The standard InChI is InChI=1S/C6H12O6.H2O/c7-1-3(9)5(11)6(12)4(10)2-8;/h3,5-9,11-12H,1-2H2;1H2/t3-,5+,6-;/m0./s1. The second kappa shape index (κ2) is 6.89. The first-order valence-electron chi connectivity index (χ1n) is 3.33. The zero-order valence-electron chi connectivity index (χ0n) is 6.79. The number of ketones is 1. The third-order valence-electron chi connectivity index (χ3n) is 1.39. The molecule has 0 aromatic rings. The van der Waals surface area contributed by atoms with Gasteiger partial charge in [-0.3, -0.25) is 4.79 Å². The molecule has 0 aliphatic carbocycles. The summed E-state index contributed by atoms with van der Waals surface area (Å²) in [4.78, 5) is 10.5. The van der Waals surface area contributed by atoms with Gasteiger partial charge in [0.2, 0.25) is 0 Å². The molecule has 0 aliphatic rings. The van der Waals surface area contributed by atoms with Crippen LogP contribution in [0.3, 0.4) is 0 Å². The first-order valence-corrected chi connectivity index (χ1v) is 3.33. The highest BCUT2D eigenvalue weighted by Crippen LogP contribution is 2.00. The Morgan fingerprint density at radius 3 is 1.92 bits per heavy atom. The van der Waals surface area contributed by atoms with E-state index in [0.717, 1.165) is 0 Å². The van der Waals surface area contributed by atoms with Crippen LogP contribution in [0.25, 0.3) is 0 Å². The molecule has 80 valence electrons. The lowest BCUT2D eigenvalue weighted by Crippen LogP contribution is -2.44. The largest absolute Gasteiger partial charge is 0.412 e. The van der Waals surface area contributed by atoms with Gasteiger partial charge in [0, 0.05) is 0 Å². The molecule has 0 aromatic heterocycles. The van der Waals surface area contributed by atoms with Gasteiger partial charge in [-0.1, -0.05) is 0 Å². The molecule has 0 fully saturated rings. The second-order valence-electron chi connectivity index (χ2n) is 2.31. The van der Waals surface area contributed by atoms with Crippen LogP contribution in [0.4, 0.5) is 0 Å². The molecule has 3 atom stereocenters. The van der Waals surface area contributed by atoms with Crippen LogP contribution < -0.4 is 0 Å². The Kier molecular flexibility index (Phi) is 7.92. The van der Waals surface area contributed by atoms with Crippen LogP contribution in [0.5, 0.6) is 0 Å². The summed E-state index contributed by atoms with van der Waals surface area (Å²) in [7, 11) is 0. The van der Waals surface area contributed by atoms with Crippen molar-refractivity contribution in [1.82, 2.24) is 0 Å². The first kappa shape index (κ1) is 14.9. The molecule has 0 aliphatic heterocycles. The van der Waals surface area contributed by atoms with Crippen molar-refractivity contribution in [3.63, 3.8) is 0 Å². The number of rotatable bonds is 5. The summed E-state index contributed by atoms with van der Waals surface area (Å²) in [6, 6.07) is 0. The van der Waals surface area contributed by atoms with Crippen LogP contribution in [0.1, 0.15) is 0 Å². The molecular weight excluding hydrogens is 184 g/mol. The van der Waals surface area contributed by atoms with Crippen LogP contribution in [-0.4, -0.2) is 68.3 Å². The second-order valence-corrected chi connectivity index (χ2v) is 2.31. The van der Waals surface area contributed by atoms with Crippen LogP contribution >= 0.6 is 0 Å². The molecule has 0 saturated heterocycles. The molecule has 0 amide bonds. The summed E-state index contributed by atoms with van der Waals surface area (Å²) < 4.78 is 0. The molecule has 0 bridgehead atoms. The molecule has 0 rings (SSSR count). The smallest absolute Gasteiger partial charge is 0.189 e. The van der Waals surface area contributed by atoms with E-state index in [4.69, 9.17) is 25.5 Å². The molecular formula is C6H14O7. The topological polar surface area (TPSA) is 150 Å². The monoisotopic (exact) mass is 198 g/mol. The van der Waals surface area contributed by atoms with Gasteiger partial charge in [-0.05, 0) is 0 Å². The average Bonchev–Trinajstić information content (AvgIpc) is 2.12. The van der Waals surface area contributed by atoms with Gasteiger partial charge >= 0.3 is 0 Å². The lowest BCUT2D eigenvalue weighted by atomic mass is 10.1. The quantitative estimate of drug-likeness (QED) is 0.302. The van der Waals surface area contributed by atoms with E-state index in [1.807, 2.05) is 0 Å². The fourth-order valence-electron chi connectivity index (χ4n) is 0.602. The molecule has 13 heavy (non-hydrogen) atoms. The predicted molar refractivity (Wildman–Crippen MR) is 40.8 cm³/mol. The van der Waals surface area contributed by atoms with Crippen LogP contribution in [-0.2, 0) is 4.79 Å². The van der Waals surface area contributed by atoms with Crippen LogP contribution in [0.15, 0.2) is 0 Å². The number of aliphatic hydroxyl groups excluding tert-OH is 5. The van der Waals surface area contributed by atoms with Gasteiger partial charge in [0.15, 0.2) is 5.78 Å². The van der Waals surface area contributed by atoms with Gasteiger partial charge in [0.05, 0.1) is 6.61 Å². The highest BCUT2D eigenvalue weighted by molar-refractivity contribution is 5.84. The van der Waals surface area contributed by atoms with Crippen molar-refractivity contribution in [1.29, 1.82) is 0 Å². The van der Waals surface area contributed by atoms with E-state index < -0.39 is 37.3 Å². The summed E-state index contributed by atoms with van der Waals surface area (Å²) >= 11 is 0. The highest BCUT2D eigenvalue weighted by atomic mass is 16.4. The Morgan fingerprint density at radius 2 is 1.62 bits per heavy atom. The molecule has 7 N–H and O–H groups in total. The lowest BCUT2D eigenvalue weighted by Gasteiger charge is -2.19. The Labute approximate surface area is 74.2 Å². The fourth-order valence-corrected chi connectivity index (χ4v) is 0.602. The van der Waals surface area contributed by atoms with Crippen molar-refractivity contribution in [2.75, 3.05) is 13.2 Å². The minimum absolute atomic E-state index is 0. The van der Waals surface area contributed by atoms with E-state index in [2.05, 4.69) is 0 Å². The molecule has 7 nitrogen and oxygen atoms in total. The maximum absolute atomic E-state index is 10.5. The van der Waals surface area contributed by atoms with Gasteiger partial charge in [-0.2, -0.15) is 0 Å². The van der Waals surface area contributed by atoms with E-state index in [-0.39, 0.29) is 5.48 Å². The minimum atomic E-state index is -1.86. The average molecular weight is 198 g/mol. The summed E-state index contributed by atoms with van der Waals surface area (Å²) in [5.41, 5.74) is 0. The van der Waals surface area contributed by atoms with Gasteiger partial charge < -0.3 is 31.0 Å². The lowest BCUT2D eigenvalue weighted by molar-refractivity contribution is -0.142. The zero-order chi connectivity index (χ0) is 9.72. The highest BCUT2D eigenvalue weighted by Gasteiger charge is 2.28. The van der Waals surface area contributed by atoms with E-state index >= 15 is 0 Å². The van der Waals surface area contributed by atoms with Crippen molar-refractivity contribution in [3.8, 4) is 0 Å².